The Hall–Kier alpha value is -0.620. The van der Waals surface area contributed by atoms with Crippen molar-refractivity contribution in [3.05, 3.63) is 0 Å². The van der Waals surface area contributed by atoms with E-state index in [0.29, 0.717) is 25.8 Å². The van der Waals surface area contributed by atoms with Gasteiger partial charge in [0.1, 0.15) is 0 Å². The minimum Gasteiger partial charge on any atom is -0.481 e. The summed E-state index contributed by atoms with van der Waals surface area (Å²) in [6.07, 6.45) is 1.78. The van der Waals surface area contributed by atoms with Crippen molar-refractivity contribution < 1.29 is 18.3 Å². The Balaban J connectivity index is 2.19. The van der Waals surface area contributed by atoms with Gasteiger partial charge in [0.05, 0.1) is 10.2 Å². The lowest BCUT2D eigenvalue weighted by molar-refractivity contribution is -0.146. The van der Waals surface area contributed by atoms with Crippen molar-refractivity contribution in [2.45, 2.75) is 37.9 Å². The molecule has 6 heteroatoms. The fourth-order valence-corrected chi connectivity index (χ4v) is 4.07. The molecule has 2 fully saturated rings. The predicted molar refractivity (Wildman–Crippen MR) is 58.5 cm³/mol. The predicted octanol–water partition coefficient (Wildman–Crippen LogP) is 0.665. The summed E-state index contributed by atoms with van der Waals surface area (Å²) >= 11 is 0. The highest BCUT2D eigenvalue weighted by Gasteiger charge is 2.56. The Bertz CT molecular complexity index is 426. The molecule has 0 aromatic rings. The average molecular weight is 247 g/mol. The van der Waals surface area contributed by atoms with Gasteiger partial charge in [0, 0.05) is 13.1 Å². The third-order valence-electron chi connectivity index (χ3n) is 3.87. The van der Waals surface area contributed by atoms with Crippen LogP contribution in [0.4, 0.5) is 0 Å². The molecule has 2 rings (SSSR count). The standard InChI is InChI=1S/C10H17NO4S/c1-9(8(12)13)5-6-11(7-9)16(14,15)10(2)3-4-10/h3-7H2,1-2H3,(H,12,13). The molecule has 1 N–H and O–H groups in total. The normalized spacial score (nSPS) is 33.9. The van der Waals surface area contributed by atoms with E-state index in [1.54, 1.807) is 13.8 Å². The average Bonchev–Trinajstić information content (AvgIpc) is 2.78. The Morgan fingerprint density at radius 3 is 2.19 bits per heavy atom. The van der Waals surface area contributed by atoms with Gasteiger partial charge < -0.3 is 5.11 Å². The summed E-state index contributed by atoms with van der Waals surface area (Å²) in [5, 5.41) is 9.05. The topological polar surface area (TPSA) is 74.7 Å². The molecule has 1 aliphatic carbocycles. The number of carboxylic acid groups (broad SMARTS) is 1. The number of aliphatic carboxylic acids is 1. The third kappa shape index (κ3) is 1.55. The largest absolute Gasteiger partial charge is 0.481 e. The van der Waals surface area contributed by atoms with Crippen LogP contribution in [-0.2, 0) is 14.8 Å². The number of hydrogen-bond donors (Lipinski definition) is 1. The molecular weight excluding hydrogens is 230 g/mol. The van der Waals surface area contributed by atoms with E-state index in [9.17, 15) is 13.2 Å². The van der Waals surface area contributed by atoms with Crippen molar-refractivity contribution in [3.8, 4) is 0 Å². The summed E-state index contributed by atoms with van der Waals surface area (Å²) in [7, 11) is -3.30. The molecule has 16 heavy (non-hydrogen) atoms. The molecular formula is C10H17NO4S. The van der Waals surface area contributed by atoms with E-state index in [4.69, 9.17) is 5.11 Å². The SMILES string of the molecule is CC1(C(=O)O)CCN(S(=O)(=O)C2(C)CC2)C1. The molecule has 0 radical (unpaired) electrons. The fourth-order valence-electron chi connectivity index (χ4n) is 2.04. The molecule has 5 nitrogen and oxygen atoms in total. The van der Waals surface area contributed by atoms with Gasteiger partial charge in [0.2, 0.25) is 10.0 Å². The van der Waals surface area contributed by atoms with Crippen molar-refractivity contribution >= 4 is 16.0 Å². The molecule has 1 unspecified atom stereocenters. The summed E-state index contributed by atoms with van der Waals surface area (Å²) in [5.41, 5.74) is -0.918. The minimum absolute atomic E-state index is 0.111. The second-order valence-corrected chi connectivity index (χ2v) is 7.86. The Labute approximate surface area is 95.5 Å². The number of carboxylic acids is 1. The maximum absolute atomic E-state index is 12.2. The third-order valence-corrected chi connectivity index (χ3v) is 6.52. The van der Waals surface area contributed by atoms with Gasteiger partial charge in [0.15, 0.2) is 0 Å². The zero-order valence-corrected chi connectivity index (χ0v) is 10.4. The van der Waals surface area contributed by atoms with E-state index in [-0.39, 0.29) is 6.54 Å². The van der Waals surface area contributed by atoms with Gasteiger partial charge in [-0.15, -0.1) is 0 Å². The van der Waals surface area contributed by atoms with Crippen molar-refractivity contribution in [1.82, 2.24) is 4.31 Å². The second-order valence-electron chi connectivity index (χ2n) is 5.40. The Kier molecular flexibility index (Phi) is 2.37. The van der Waals surface area contributed by atoms with Crippen molar-refractivity contribution in [2.75, 3.05) is 13.1 Å². The molecule has 1 aliphatic heterocycles. The van der Waals surface area contributed by atoms with Gasteiger partial charge in [-0.3, -0.25) is 4.79 Å². The number of sulfonamides is 1. The maximum Gasteiger partial charge on any atom is 0.310 e. The molecule has 2 aliphatic rings. The number of carbonyl (C=O) groups is 1. The van der Waals surface area contributed by atoms with Crippen LogP contribution in [0, 0.1) is 5.41 Å². The van der Waals surface area contributed by atoms with Crippen LogP contribution in [0.15, 0.2) is 0 Å². The molecule has 1 atom stereocenters. The lowest BCUT2D eigenvalue weighted by atomic mass is 9.90. The summed E-state index contributed by atoms with van der Waals surface area (Å²) < 4.78 is 25.0. The van der Waals surface area contributed by atoms with Crippen LogP contribution in [0.25, 0.3) is 0 Å². The second kappa shape index (κ2) is 3.20. The van der Waals surface area contributed by atoms with E-state index < -0.39 is 26.2 Å². The molecule has 1 saturated carbocycles. The van der Waals surface area contributed by atoms with E-state index >= 15 is 0 Å². The van der Waals surface area contributed by atoms with Gasteiger partial charge in [0.25, 0.3) is 0 Å². The van der Waals surface area contributed by atoms with Gasteiger partial charge >= 0.3 is 5.97 Å². The monoisotopic (exact) mass is 247 g/mol. The van der Waals surface area contributed by atoms with Crippen LogP contribution in [0.1, 0.15) is 33.1 Å². The van der Waals surface area contributed by atoms with Gasteiger partial charge in [-0.25, -0.2) is 12.7 Å². The molecule has 0 aromatic heterocycles. The number of rotatable bonds is 3. The van der Waals surface area contributed by atoms with E-state index in [1.165, 1.54) is 4.31 Å². The van der Waals surface area contributed by atoms with Gasteiger partial charge in [-0.05, 0) is 33.1 Å². The smallest absolute Gasteiger partial charge is 0.310 e. The molecule has 0 aromatic carbocycles. The highest BCUT2D eigenvalue weighted by atomic mass is 32.2. The van der Waals surface area contributed by atoms with E-state index in [0.717, 1.165) is 0 Å². The molecule has 0 bridgehead atoms. The van der Waals surface area contributed by atoms with Crippen LogP contribution < -0.4 is 0 Å². The van der Waals surface area contributed by atoms with Crippen molar-refractivity contribution in [2.24, 2.45) is 5.41 Å². The fraction of sp³-hybridized carbons (Fsp3) is 0.900. The minimum atomic E-state index is -3.30. The zero-order chi connectivity index (χ0) is 12.2. The number of hydrogen-bond acceptors (Lipinski definition) is 3. The molecule has 92 valence electrons. The van der Waals surface area contributed by atoms with Crippen LogP contribution in [0.3, 0.4) is 0 Å². The maximum atomic E-state index is 12.2. The first-order valence-corrected chi connectivity index (χ1v) is 6.88. The summed E-state index contributed by atoms with van der Waals surface area (Å²) in [6, 6.07) is 0. The Morgan fingerprint density at radius 1 is 1.25 bits per heavy atom. The van der Waals surface area contributed by atoms with Crippen molar-refractivity contribution in [3.63, 3.8) is 0 Å². The first-order valence-electron chi connectivity index (χ1n) is 5.44. The van der Waals surface area contributed by atoms with Crippen LogP contribution in [-0.4, -0.2) is 41.6 Å². The Morgan fingerprint density at radius 2 is 1.81 bits per heavy atom. The zero-order valence-electron chi connectivity index (χ0n) is 9.56. The number of nitrogens with zero attached hydrogens (tertiary/aromatic N) is 1. The highest BCUT2D eigenvalue weighted by molar-refractivity contribution is 7.90. The summed E-state index contributed by atoms with van der Waals surface area (Å²) in [5.74, 6) is -0.911. The van der Waals surface area contributed by atoms with Gasteiger partial charge in [-0.1, -0.05) is 0 Å². The van der Waals surface area contributed by atoms with Crippen LogP contribution in [0.2, 0.25) is 0 Å². The van der Waals surface area contributed by atoms with E-state index in [1.807, 2.05) is 0 Å². The van der Waals surface area contributed by atoms with E-state index in [2.05, 4.69) is 0 Å². The first kappa shape index (κ1) is 11.9. The van der Waals surface area contributed by atoms with Gasteiger partial charge in [-0.2, -0.15) is 0 Å². The molecule has 1 saturated heterocycles. The van der Waals surface area contributed by atoms with Crippen molar-refractivity contribution in [1.29, 1.82) is 0 Å². The summed E-state index contributed by atoms with van der Waals surface area (Å²) in [4.78, 5) is 11.0. The first-order chi connectivity index (χ1) is 7.21. The molecule has 1 heterocycles. The van der Waals surface area contributed by atoms with Crippen LogP contribution >= 0.6 is 0 Å². The highest BCUT2D eigenvalue weighted by Crippen LogP contribution is 2.46. The van der Waals surface area contributed by atoms with Crippen LogP contribution in [0.5, 0.6) is 0 Å². The quantitative estimate of drug-likeness (QED) is 0.795. The lowest BCUT2D eigenvalue weighted by Crippen LogP contribution is -2.40. The molecule has 0 spiro atoms. The molecule has 0 amide bonds. The lowest BCUT2D eigenvalue weighted by Gasteiger charge is -2.23. The summed E-state index contributed by atoms with van der Waals surface area (Å²) in [6.45, 7) is 3.79.